The predicted octanol–water partition coefficient (Wildman–Crippen LogP) is 2.52. The Labute approximate surface area is 85.6 Å². The molecule has 4 heteroatoms. The van der Waals surface area contributed by atoms with E-state index < -0.39 is 0 Å². The Balaban J connectivity index is 2.99. The fraction of sp³-hybridized carbons (Fsp3) is 0.444. The molecule has 0 aromatic carbocycles. The third-order valence-electron chi connectivity index (χ3n) is 1.84. The summed E-state index contributed by atoms with van der Waals surface area (Å²) in [4.78, 5) is 14.2. The minimum absolute atomic E-state index is 0.287. The van der Waals surface area contributed by atoms with Gasteiger partial charge in [-0.3, -0.25) is 0 Å². The molecule has 0 fully saturated rings. The quantitative estimate of drug-likeness (QED) is 0.832. The summed E-state index contributed by atoms with van der Waals surface area (Å²) in [6, 6.07) is 0. The number of nitrogens with one attached hydrogen (secondary N) is 1. The van der Waals surface area contributed by atoms with E-state index in [1.54, 1.807) is 6.20 Å². The number of rotatable bonds is 3. The average Bonchev–Trinajstić information content (AvgIpc) is 2.48. The predicted molar refractivity (Wildman–Crippen MR) is 53.8 cm³/mol. The van der Waals surface area contributed by atoms with Crippen molar-refractivity contribution in [2.75, 3.05) is 7.11 Å². The molecule has 1 aromatic heterocycles. The minimum Gasteiger partial charge on any atom is -0.465 e. The van der Waals surface area contributed by atoms with Gasteiger partial charge in [0.15, 0.2) is 0 Å². The Morgan fingerprint density at radius 1 is 1.69 bits per heavy atom. The molecular weight excluding hydrogens is 234 g/mol. The normalized spacial score (nSPS) is 10.1. The first-order valence-electron chi connectivity index (χ1n) is 4.14. The number of aromatic nitrogens is 1. The van der Waals surface area contributed by atoms with Crippen molar-refractivity contribution in [3.05, 3.63) is 21.9 Å². The van der Waals surface area contributed by atoms with E-state index in [0.717, 1.165) is 23.0 Å². The molecule has 1 rings (SSSR count). The van der Waals surface area contributed by atoms with Crippen LogP contribution >= 0.6 is 15.9 Å². The van der Waals surface area contributed by atoms with Gasteiger partial charge in [-0.2, -0.15) is 0 Å². The number of esters is 1. The zero-order valence-electron chi connectivity index (χ0n) is 7.69. The second kappa shape index (κ2) is 4.46. The number of hydrogen-bond donors (Lipinski definition) is 1. The first-order chi connectivity index (χ1) is 6.20. The molecular formula is C9H12BrNO2. The molecule has 0 saturated carbocycles. The van der Waals surface area contributed by atoms with Crippen molar-refractivity contribution in [2.24, 2.45) is 0 Å². The van der Waals surface area contributed by atoms with Gasteiger partial charge in [-0.15, -0.1) is 0 Å². The summed E-state index contributed by atoms with van der Waals surface area (Å²) in [6.45, 7) is 2.07. The van der Waals surface area contributed by atoms with E-state index in [1.807, 2.05) is 0 Å². The van der Waals surface area contributed by atoms with Crippen LogP contribution in [0.3, 0.4) is 0 Å². The number of H-pyrrole nitrogens is 1. The van der Waals surface area contributed by atoms with E-state index >= 15 is 0 Å². The number of aromatic amines is 1. The third kappa shape index (κ3) is 2.12. The Morgan fingerprint density at radius 3 is 2.92 bits per heavy atom. The molecule has 13 heavy (non-hydrogen) atoms. The van der Waals surface area contributed by atoms with E-state index in [9.17, 15) is 4.79 Å². The fourth-order valence-corrected chi connectivity index (χ4v) is 1.74. The molecule has 0 aliphatic heterocycles. The summed E-state index contributed by atoms with van der Waals surface area (Å²) in [7, 11) is 1.39. The lowest BCUT2D eigenvalue weighted by Crippen LogP contribution is -2.03. The fourth-order valence-electron chi connectivity index (χ4n) is 1.21. The van der Waals surface area contributed by atoms with E-state index in [2.05, 4.69) is 32.6 Å². The van der Waals surface area contributed by atoms with Gasteiger partial charge in [0.05, 0.1) is 17.3 Å². The number of halogens is 1. The van der Waals surface area contributed by atoms with Gasteiger partial charge in [0.2, 0.25) is 0 Å². The van der Waals surface area contributed by atoms with Gasteiger partial charge in [0.25, 0.3) is 0 Å². The molecule has 0 amide bonds. The van der Waals surface area contributed by atoms with Crippen LogP contribution in [0.5, 0.6) is 0 Å². The summed E-state index contributed by atoms with van der Waals surface area (Å²) in [6.07, 6.45) is 3.54. The van der Waals surface area contributed by atoms with Gasteiger partial charge in [0, 0.05) is 6.20 Å². The SMILES string of the molecule is CCCc1c(C(=O)OC)c[nH]c1Br. The van der Waals surface area contributed by atoms with Gasteiger partial charge in [-0.25, -0.2) is 4.79 Å². The van der Waals surface area contributed by atoms with Gasteiger partial charge < -0.3 is 9.72 Å². The number of hydrogen-bond acceptors (Lipinski definition) is 2. The van der Waals surface area contributed by atoms with Crippen LogP contribution < -0.4 is 0 Å². The number of methoxy groups -OCH3 is 1. The molecule has 0 radical (unpaired) electrons. The molecule has 0 aliphatic carbocycles. The summed E-state index contributed by atoms with van der Waals surface area (Å²) in [5, 5.41) is 0. The van der Waals surface area contributed by atoms with Crippen molar-refractivity contribution in [2.45, 2.75) is 19.8 Å². The molecule has 72 valence electrons. The Kier molecular flexibility index (Phi) is 3.54. The van der Waals surface area contributed by atoms with Crippen molar-refractivity contribution < 1.29 is 9.53 Å². The summed E-state index contributed by atoms with van der Waals surface area (Å²) in [5.74, 6) is -0.287. The van der Waals surface area contributed by atoms with Gasteiger partial charge >= 0.3 is 5.97 Å². The topological polar surface area (TPSA) is 42.1 Å². The van der Waals surface area contributed by atoms with Gasteiger partial charge in [0.1, 0.15) is 0 Å². The third-order valence-corrected chi connectivity index (χ3v) is 2.55. The first kappa shape index (κ1) is 10.3. The summed E-state index contributed by atoms with van der Waals surface area (Å²) in [5.41, 5.74) is 1.62. The Bertz CT molecular complexity index is 307. The van der Waals surface area contributed by atoms with Crippen molar-refractivity contribution in [1.82, 2.24) is 4.98 Å². The van der Waals surface area contributed by atoms with Crippen LogP contribution in [0.25, 0.3) is 0 Å². The van der Waals surface area contributed by atoms with E-state index in [0.29, 0.717) is 5.56 Å². The average molecular weight is 246 g/mol. The highest BCUT2D eigenvalue weighted by Gasteiger charge is 2.15. The van der Waals surface area contributed by atoms with Crippen molar-refractivity contribution in [3.63, 3.8) is 0 Å². The molecule has 0 aliphatic rings. The monoisotopic (exact) mass is 245 g/mol. The molecule has 0 bridgehead atoms. The van der Waals surface area contributed by atoms with Crippen LogP contribution in [0.15, 0.2) is 10.8 Å². The molecule has 0 saturated heterocycles. The maximum absolute atomic E-state index is 11.3. The lowest BCUT2D eigenvalue weighted by atomic mass is 10.1. The van der Waals surface area contributed by atoms with Gasteiger partial charge in [-0.05, 0) is 27.9 Å². The first-order valence-corrected chi connectivity index (χ1v) is 4.94. The van der Waals surface area contributed by atoms with Crippen LogP contribution in [-0.2, 0) is 11.2 Å². The Morgan fingerprint density at radius 2 is 2.38 bits per heavy atom. The van der Waals surface area contributed by atoms with E-state index in [1.165, 1.54) is 7.11 Å². The van der Waals surface area contributed by atoms with Crippen molar-refractivity contribution in [1.29, 1.82) is 0 Å². The highest BCUT2D eigenvalue weighted by molar-refractivity contribution is 9.10. The molecule has 0 spiro atoms. The summed E-state index contributed by atoms with van der Waals surface area (Å²) < 4.78 is 5.53. The lowest BCUT2D eigenvalue weighted by Gasteiger charge is -2.00. The molecule has 3 nitrogen and oxygen atoms in total. The molecule has 1 heterocycles. The highest BCUT2D eigenvalue weighted by Crippen LogP contribution is 2.21. The molecule has 0 unspecified atom stereocenters. The molecule has 1 aromatic rings. The Hall–Kier alpha value is -0.770. The van der Waals surface area contributed by atoms with Crippen LogP contribution in [-0.4, -0.2) is 18.1 Å². The maximum Gasteiger partial charge on any atom is 0.339 e. The number of ether oxygens (including phenoxy) is 1. The number of carbonyl (C=O) groups is 1. The zero-order valence-corrected chi connectivity index (χ0v) is 9.27. The summed E-state index contributed by atoms with van der Waals surface area (Å²) >= 11 is 3.35. The lowest BCUT2D eigenvalue weighted by molar-refractivity contribution is 0.0600. The molecule has 0 atom stereocenters. The standard InChI is InChI=1S/C9H12BrNO2/c1-3-4-6-7(9(12)13-2)5-11-8(6)10/h5,11H,3-4H2,1-2H3. The van der Waals surface area contributed by atoms with Crippen molar-refractivity contribution in [3.8, 4) is 0 Å². The number of carbonyl (C=O) groups excluding carboxylic acids is 1. The van der Waals surface area contributed by atoms with Crippen LogP contribution in [0, 0.1) is 0 Å². The highest BCUT2D eigenvalue weighted by atomic mass is 79.9. The van der Waals surface area contributed by atoms with Crippen molar-refractivity contribution >= 4 is 21.9 Å². The molecule has 1 N–H and O–H groups in total. The smallest absolute Gasteiger partial charge is 0.339 e. The maximum atomic E-state index is 11.3. The van der Waals surface area contributed by atoms with Crippen LogP contribution in [0.4, 0.5) is 0 Å². The van der Waals surface area contributed by atoms with Gasteiger partial charge in [-0.1, -0.05) is 13.3 Å². The largest absolute Gasteiger partial charge is 0.465 e. The van der Waals surface area contributed by atoms with Crippen LogP contribution in [0.1, 0.15) is 29.3 Å². The van der Waals surface area contributed by atoms with E-state index in [-0.39, 0.29) is 5.97 Å². The second-order valence-corrected chi connectivity index (χ2v) is 3.53. The van der Waals surface area contributed by atoms with E-state index in [4.69, 9.17) is 0 Å². The minimum atomic E-state index is -0.287. The zero-order chi connectivity index (χ0) is 9.84. The second-order valence-electron chi connectivity index (χ2n) is 2.74. The van der Waals surface area contributed by atoms with Crippen LogP contribution in [0.2, 0.25) is 0 Å².